The molecule has 0 radical (unpaired) electrons. The smallest absolute Gasteiger partial charge is 0.135 e. The zero-order valence-corrected chi connectivity index (χ0v) is 19.8. The molecule has 1 nitrogen and oxygen atoms in total. The monoisotopic (exact) mass is 514 g/mol. The van der Waals surface area contributed by atoms with Crippen molar-refractivity contribution in [3.05, 3.63) is 86.7 Å². The molecule has 3 aromatic rings. The van der Waals surface area contributed by atoms with Crippen LogP contribution in [0.5, 0.6) is 5.75 Å². The van der Waals surface area contributed by atoms with E-state index < -0.39 is 0 Å². The van der Waals surface area contributed by atoms with Gasteiger partial charge in [-0.05, 0) is 120 Å². The van der Waals surface area contributed by atoms with Crippen molar-refractivity contribution in [2.75, 3.05) is 6.61 Å². The average molecular weight is 514 g/mol. The molecular formula is C27H28FIO. The number of ether oxygens (including phenoxy) is 1. The minimum absolute atomic E-state index is 0.171. The lowest BCUT2D eigenvalue weighted by Gasteiger charge is -2.29. The van der Waals surface area contributed by atoms with Gasteiger partial charge in [0.1, 0.15) is 11.6 Å². The van der Waals surface area contributed by atoms with Crippen LogP contribution in [0.25, 0.3) is 11.1 Å². The lowest BCUT2D eigenvalue weighted by molar-refractivity contribution is 0.198. The third-order valence-electron chi connectivity index (χ3n) is 6.23. The number of benzene rings is 3. The minimum atomic E-state index is -0.171. The standard InChI is InChI=1S/C27H28FIO/c1-18-14-24(16-25(28)15-18)23-12-10-22(11-13-23)21-8-6-20(7-9-21)17-30-27-19(2)4-3-5-26(27)29/h3-5,10-16,20-21H,6-9,17H2,1-2H3. The van der Waals surface area contributed by atoms with Gasteiger partial charge >= 0.3 is 0 Å². The van der Waals surface area contributed by atoms with Crippen LogP contribution in [0.3, 0.4) is 0 Å². The molecule has 3 aromatic carbocycles. The van der Waals surface area contributed by atoms with Crippen LogP contribution in [0.1, 0.15) is 48.3 Å². The second-order valence-electron chi connectivity index (χ2n) is 8.55. The maximum absolute atomic E-state index is 13.7. The fourth-order valence-electron chi connectivity index (χ4n) is 4.51. The Labute approximate surface area is 192 Å². The van der Waals surface area contributed by atoms with Gasteiger partial charge in [-0.2, -0.15) is 0 Å². The van der Waals surface area contributed by atoms with Crippen molar-refractivity contribution >= 4 is 22.6 Å². The summed E-state index contributed by atoms with van der Waals surface area (Å²) in [5.74, 6) is 2.12. The normalized spacial score (nSPS) is 18.9. The number of hydrogen-bond donors (Lipinski definition) is 0. The third kappa shape index (κ3) is 5.05. The van der Waals surface area contributed by atoms with Gasteiger partial charge in [-0.15, -0.1) is 0 Å². The first-order valence-corrected chi connectivity index (χ1v) is 11.8. The molecule has 0 unspecified atom stereocenters. The lowest BCUT2D eigenvalue weighted by atomic mass is 9.79. The topological polar surface area (TPSA) is 9.23 Å². The lowest BCUT2D eigenvalue weighted by Crippen LogP contribution is -2.19. The largest absolute Gasteiger partial charge is 0.492 e. The summed E-state index contributed by atoms with van der Waals surface area (Å²) in [5, 5.41) is 0. The molecule has 3 heteroatoms. The zero-order valence-electron chi connectivity index (χ0n) is 17.6. The number of halogens is 2. The molecule has 0 atom stereocenters. The number of hydrogen-bond acceptors (Lipinski definition) is 1. The highest BCUT2D eigenvalue weighted by Gasteiger charge is 2.23. The molecule has 1 aliphatic rings. The molecule has 0 aromatic heterocycles. The summed E-state index contributed by atoms with van der Waals surface area (Å²) in [6.45, 7) is 4.86. The predicted molar refractivity (Wildman–Crippen MR) is 131 cm³/mol. The molecule has 0 aliphatic heterocycles. The third-order valence-corrected chi connectivity index (χ3v) is 7.08. The Morgan fingerprint density at radius 3 is 2.30 bits per heavy atom. The van der Waals surface area contributed by atoms with Crippen molar-refractivity contribution in [3.8, 4) is 16.9 Å². The van der Waals surface area contributed by atoms with Gasteiger partial charge in [0.2, 0.25) is 0 Å². The van der Waals surface area contributed by atoms with Gasteiger partial charge in [0.25, 0.3) is 0 Å². The molecule has 156 valence electrons. The molecule has 1 aliphatic carbocycles. The van der Waals surface area contributed by atoms with Crippen LogP contribution in [-0.4, -0.2) is 6.61 Å². The van der Waals surface area contributed by atoms with Crippen LogP contribution < -0.4 is 4.74 Å². The molecule has 0 spiro atoms. The molecule has 4 rings (SSSR count). The molecule has 0 bridgehead atoms. The van der Waals surface area contributed by atoms with Crippen molar-refractivity contribution in [2.45, 2.75) is 45.4 Å². The van der Waals surface area contributed by atoms with Crippen molar-refractivity contribution < 1.29 is 9.13 Å². The van der Waals surface area contributed by atoms with Gasteiger partial charge in [-0.25, -0.2) is 4.39 Å². The molecule has 30 heavy (non-hydrogen) atoms. The molecule has 0 amide bonds. The average Bonchev–Trinajstić information content (AvgIpc) is 2.73. The molecule has 0 saturated heterocycles. The maximum Gasteiger partial charge on any atom is 0.135 e. The Morgan fingerprint density at radius 1 is 0.900 bits per heavy atom. The van der Waals surface area contributed by atoms with Crippen LogP contribution >= 0.6 is 22.6 Å². The van der Waals surface area contributed by atoms with Crippen LogP contribution in [-0.2, 0) is 0 Å². The summed E-state index contributed by atoms with van der Waals surface area (Å²) in [7, 11) is 0. The van der Waals surface area contributed by atoms with Crippen LogP contribution in [0.15, 0.2) is 60.7 Å². The molecule has 1 saturated carbocycles. The van der Waals surface area contributed by atoms with E-state index in [9.17, 15) is 4.39 Å². The van der Waals surface area contributed by atoms with Crippen LogP contribution in [0, 0.1) is 29.2 Å². The first kappa shape index (κ1) is 21.4. The van der Waals surface area contributed by atoms with E-state index in [-0.39, 0.29) is 5.82 Å². The second kappa shape index (κ2) is 9.51. The second-order valence-corrected chi connectivity index (χ2v) is 9.72. The van der Waals surface area contributed by atoms with Gasteiger partial charge in [-0.3, -0.25) is 0 Å². The van der Waals surface area contributed by atoms with E-state index in [1.165, 1.54) is 40.4 Å². The quantitative estimate of drug-likeness (QED) is 0.313. The van der Waals surface area contributed by atoms with E-state index in [1.807, 2.05) is 13.0 Å². The molecule has 1 fully saturated rings. The summed E-state index contributed by atoms with van der Waals surface area (Å²) < 4.78 is 21.1. The number of aryl methyl sites for hydroxylation is 2. The van der Waals surface area contributed by atoms with Gasteiger partial charge < -0.3 is 4.74 Å². The summed E-state index contributed by atoms with van der Waals surface area (Å²) >= 11 is 2.36. The Balaban J connectivity index is 1.34. The summed E-state index contributed by atoms with van der Waals surface area (Å²) in [5.41, 5.74) is 5.60. The van der Waals surface area contributed by atoms with Gasteiger partial charge in [0, 0.05) is 0 Å². The summed E-state index contributed by atoms with van der Waals surface area (Å²) in [6, 6.07) is 20.3. The van der Waals surface area contributed by atoms with Gasteiger partial charge in [0.05, 0.1) is 10.2 Å². The Hall–Kier alpha value is -1.88. The van der Waals surface area contributed by atoms with Crippen LogP contribution in [0.4, 0.5) is 4.39 Å². The van der Waals surface area contributed by atoms with E-state index >= 15 is 0 Å². The first-order valence-electron chi connectivity index (χ1n) is 10.7. The SMILES string of the molecule is Cc1cc(F)cc(-c2ccc(C3CCC(COc4c(C)cccc4I)CC3)cc2)c1. The van der Waals surface area contributed by atoms with E-state index in [2.05, 4.69) is 72.0 Å². The van der Waals surface area contributed by atoms with Crippen molar-refractivity contribution in [1.82, 2.24) is 0 Å². The van der Waals surface area contributed by atoms with Crippen molar-refractivity contribution in [1.29, 1.82) is 0 Å². The van der Waals surface area contributed by atoms with E-state index in [0.29, 0.717) is 11.8 Å². The number of rotatable bonds is 5. The van der Waals surface area contributed by atoms with Gasteiger partial charge in [0.15, 0.2) is 0 Å². The molecule has 0 heterocycles. The molecule has 0 N–H and O–H groups in total. The Bertz CT molecular complexity index is 963. The van der Waals surface area contributed by atoms with Crippen LogP contribution in [0.2, 0.25) is 0 Å². The summed E-state index contributed by atoms with van der Waals surface area (Å²) in [4.78, 5) is 0. The minimum Gasteiger partial charge on any atom is -0.492 e. The van der Waals surface area contributed by atoms with E-state index in [1.54, 1.807) is 12.1 Å². The first-order chi connectivity index (χ1) is 14.5. The maximum atomic E-state index is 13.7. The Kier molecular flexibility index (Phi) is 6.77. The summed E-state index contributed by atoms with van der Waals surface area (Å²) in [6.07, 6.45) is 4.82. The predicted octanol–water partition coefficient (Wildman–Crippen LogP) is 8.07. The highest BCUT2D eigenvalue weighted by molar-refractivity contribution is 14.1. The van der Waals surface area contributed by atoms with Crippen molar-refractivity contribution in [2.24, 2.45) is 5.92 Å². The van der Waals surface area contributed by atoms with Gasteiger partial charge in [-0.1, -0.05) is 42.5 Å². The highest BCUT2D eigenvalue weighted by atomic mass is 127. The molecular weight excluding hydrogens is 486 g/mol. The Morgan fingerprint density at radius 2 is 1.63 bits per heavy atom. The highest BCUT2D eigenvalue weighted by Crippen LogP contribution is 2.37. The van der Waals surface area contributed by atoms with E-state index in [4.69, 9.17) is 4.74 Å². The fourth-order valence-corrected chi connectivity index (χ4v) is 5.30. The van der Waals surface area contributed by atoms with E-state index in [0.717, 1.165) is 29.0 Å². The zero-order chi connectivity index (χ0) is 21.1. The fraction of sp³-hybridized carbons (Fsp3) is 0.333. The van der Waals surface area contributed by atoms with Crippen molar-refractivity contribution in [3.63, 3.8) is 0 Å². The number of para-hydroxylation sites is 1.